The molecule has 14 heavy (non-hydrogen) atoms. The molecule has 0 amide bonds. The van der Waals surface area contributed by atoms with E-state index in [-0.39, 0.29) is 6.10 Å². The van der Waals surface area contributed by atoms with Crippen molar-refractivity contribution in [1.29, 1.82) is 0 Å². The molecule has 0 spiro atoms. The van der Waals surface area contributed by atoms with Crippen molar-refractivity contribution in [3.05, 3.63) is 17.0 Å². The van der Waals surface area contributed by atoms with E-state index in [9.17, 15) is 5.11 Å². The van der Waals surface area contributed by atoms with Gasteiger partial charge >= 0.3 is 0 Å². The summed E-state index contributed by atoms with van der Waals surface area (Å²) in [6.45, 7) is 6.63. The highest BCUT2D eigenvalue weighted by atomic mass is 16.3. The second-order valence-electron chi connectivity index (χ2n) is 4.13. The van der Waals surface area contributed by atoms with Crippen molar-refractivity contribution in [1.82, 2.24) is 14.7 Å². The second kappa shape index (κ2) is 3.37. The van der Waals surface area contributed by atoms with Crippen molar-refractivity contribution in [2.45, 2.75) is 26.5 Å². The number of β-amino-alcohol motifs (C(OH)–C–C–N with tert-alkyl or cyclic N) is 1. The number of likely N-dealkylation sites (tertiary alicyclic amines) is 1. The van der Waals surface area contributed by atoms with E-state index in [2.05, 4.69) is 16.9 Å². The van der Waals surface area contributed by atoms with Crippen LogP contribution >= 0.6 is 0 Å². The number of rotatable bonds is 2. The molecule has 0 radical (unpaired) electrons. The molecule has 78 valence electrons. The molecule has 0 aliphatic carbocycles. The minimum atomic E-state index is -0.121. The fourth-order valence-corrected chi connectivity index (χ4v) is 1.92. The van der Waals surface area contributed by atoms with Crippen LogP contribution in [0.25, 0.3) is 0 Å². The van der Waals surface area contributed by atoms with Gasteiger partial charge in [-0.3, -0.25) is 9.58 Å². The minimum absolute atomic E-state index is 0.121. The van der Waals surface area contributed by atoms with Crippen molar-refractivity contribution in [3.63, 3.8) is 0 Å². The van der Waals surface area contributed by atoms with Crippen molar-refractivity contribution >= 4 is 0 Å². The third-order valence-corrected chi connectivity index (χ3v) is 2.98. The number of aliphatic hydroxyl groups is 1. The Morgan fingerprint density at radius 3 is 2.50 bits per heavy atom. The van der Waals surface area contributed by atoms with Crippen LogP contribution in [0.15, 0.2) is 0 Å². The fraction of sp³-hybridized carbons (Fsp3) is 0.700. The molecule has 4 heteroatoms. The van der Waals surface area contributed by atoms with Gasteiger partial charge in [0, 0.05) is 26.7 Å². The summed E-state index contributed by atoms with van der Waals surface area (Å²) in [6, 6.07) is 0. The van der Waals surface area contributed by atoms with E-state index in [0.29, 0.717) is 0 Å². The normalized spacial score (nSPS) is 18.6. The van der Waals surface area contributed by atoms with Crippen molar-refractivity contribution in [3.8, 4) is 0 Å². The average molecular weight is 195 g/mol. The summed E-state index contributed by atoms with van der Waals surface area (Å²) in [5.74, 6) is 0. The Morgan fingerprint density at radius 1 is 1.43 bits per heavy atom. The van der Waals surface area contributed by atoms with Crippen LogP contribution in [0.1, 0.15) is 17.0 Å². The summed E-state index contributed by atoms with van der Waals surface area (Å²) in [5, 5.41) is 13.5. The van der Waals surface area contributed by atoms with E-state index >= 15 is 0 Å². The van der Waals surface area contributed by atoms with Gasteiger partial charge in [-0.1, -0.05) is 0 Å². The molecule has 0 bridgehead atoms. The maximum Gasteiger partial charge on any atom is 0.0794 e. The monoisotopic (exact) mass is 195 g/mol. The van der Waals surface area contributed by atoms with Gasteiger partial charge < -0.3 is 5.11 Å². The average Bonchev–Trinajstić information content (AvgIpc) is 2.29. The van der Waals surface area contributed by atoms with Crippen molar-refractivity contribution in [2.24, 2.45) is 7.05 Å². The van der Waals surface area contributed by atoms with Crippen LogP contribution in [0.3, 0.4) is 0 Å². The maximum atomic E-state index is 9.18. The highest BCUT2D eigenvalue weighted by Gasteiger charge is 2.25. The van der Waals surface area contributed by atoms with E-state index < -0.39 is 0 Å². The molecule has 0 saturated carbocycles. The second-order valence-corrected chi connectivity index (χ2v) is 4.13. The zero-order valence-electron chi connectivity index (χ0n) is 8.99. The molecule has 2 rings (SSSR count). The molecule has 1 fully saturated rings. The van der Waals surface area contributed by atoms with Gasteiger partial charge in [-0.05, 0) is 19.4 Å². The summed E-state index contributed by atoms with van der Waals surface area (Å²) < 4.78 is 1.94. The van der Waals surface area contributed by atoms with Crippen LogP contribution in [-0.2, 0) is 13.6 Å². The Labute approximate surface area is 84.1 Å². The first-order valence-corrected chi connectivity index (χ1v) is 4.97. The number of hydrogen-bond donors (Lipinski definition) is 1. The van der Waals surface area contributed by atoms with Gasteiger partial charge in [-0.2, -0.15) is 5.10 Å². The number of aliphatic hydroxyl groups excluding tert-OH is 1. The third-order valence-electron chi connectivity index (χ3n) is 2.98. The first-order chi connectivity index (χ1) is 6.58. The standard InChI is InChI=1S/C10H17N3O/c1-7-8(2)11-12(3)10(7)6-13-4-9(14)5-13/h9,14H,4-6H2,1-3H3. The van der Waals surface area contributed by atoms with Gasteiger partial charge in [0.1, 0.15) is 0 Å². The fourth-order valence-electron chi connectivity index (χ4n) is 1.92. The number of aromatic nitrogens is 2. The lowest BCUT2D eigenvalue weighted by molar-refractivity contribution is -0.00424. The number of nitrogens with zero attached hydrogens (tertiary/aromatic N) is 3. The van der Waals surface area contributed by atoms with E-state index in [1.165, 1.54) is 11.3 Å². The smallest absolute Gasteiger partial charge is 0.0794 e. The van der Waals surface area contributed by atoms with Gasteiger partial charge in [-0.25, -0.2) is 0 Å². The lowest BCUT2D eigenvalue weighted by Crippen LogP contribution is -2.50. The zero-order chi connectivity index (χ0) is 10.3. The summed E-state index contributed by atoms with van der Waals surface area (Å²) in [4.78, 5) is 2.23. The van der Waals surface area contributed by atoms with Crippen LogP contribution in [0.4, 0.5) is 0 Å². The minimum Gasteiger partial charge on any atom is -0.390 e. The summed E-state index contributed by atoms with van der Waals surface area (Å²) in [6.07, 6.45) is -0.121. The quantitative estimate of drug-likeness (QED) is 0.733. The van der Waals surface area contributed by atoms with Gasteiger partial charge in [0.25, 0.3) is 0 Å². The van der Waals surface area contributed by atoms with E-state index in [1.807, 2.05) is 18.7 Å². The van der Waals surface area contributed by atoms with Crippen LogP contribution < -0.4 is 0 Å². The SMILES string of the molecule is Cc1nn(C)c(CN2CC(O)C2)c1C. The van der Waals surface area contributed by atoms with E-state index in [1.54, 1.807) is 0 Å². The van der Waals surface area contributed by atoms with Gasteiger partial charge in [0.2, 0.25) is 0 Å². The van der Waals surface area contributed by atoms with Crippen LogP contribution in [0, 0.1) is 13.8 Å². The van der Waals surface area contributed by atoms with Gasteiger partial charge in [0.15, 0.2) is 0 Å². The summed E-state index contributed by atoms with van der Waals surface area (Å²) in [5.41, 5.74) is 3.63. The molecule has 1 aliphatic heterocycles. The predicted molar refractivity (Wildman–Crippen MR) is 54.0 cm³/mol. The predicted octanol–water partition coefficient (Wildman–Crippen LogP) is 0.213. The molecule has 0 atom stereocenters. The van der Waals surface area contributed by atoms with Crippen LogP contribution in [0.2, 0.25) is 0 Å². The van der Waals surface area contributed by atoms with Crippen molar-refractivity contribution in [2.75, 3.05) is 13.1 Å². The summed E-state index contributed by atoms with van der Waals surface area (Å²) >= 11 is 0. The molecule has 0 aromatic carbocycles. The molecule has 2 heterocycles. The van der Waals surface area contributed by atoms with Gasteiger partial charge in [-0.15, -0.1) is 0 Å². The highest BCUT2D eigenvalue weighted by molar-refractivity contribution is 5.23. The Balaban J connectivity index is 2.09. The number of aryl methyl sites for hydroxylation is 2. The molecule has 1 N–H and O–H groups in total. The van der Waals surface area contributed by atoms with Crippen LogP contribution in [-0.4, -0.2) is 39.0 Å². The highest BCUT2D eigenvalue weighted by Crippen LogP contribution is 2.17. The molecule has 1 aliphatic rings. The van der Waals surface area contributed by atoms with Gasteiger partial charge in [0.05, 0.1) is 17.5 Å². The maximum absolute atomic E-state index is 9.18. The lowest BCUT2D eigenvalue weighted by Gasteiger charge is -2.35. The Morgan fingerprint density at radius 2 is 2.07 bits per heavy atom. The summed E-state index contributed by atoms with van der Waals surface area (Å²) in [7, 11) is 1.98. The molecule has 0 unspecified atom stereocenters. The van der Waals surface area contributed by atoms with E-state index in [4.69, 9.17) is 0 Å². The Kier molecular flexibility index (Phi) is 2.33. The topological polar surface area (TPSA) is 41.3 Å². The molecule has 1 aromatic heterocycles. The lowest BCUT2D eigenvalue weighted by atomic mass is 10.1. The van der Waals surface area contributed by atoms with Crippen LogP contribution in [0.5, 0.6) is 0 Å². The first-order valence-electron chi connectivity index (χ1n) is 4.97. The molecular formula is C10H17N3O. The Hall–Kier alpha value is -0.870. The first kappa shape index (κ1) is 9.68. The van der Waals surface area contributed by atoms with Crippen molar-refractivity contribution < 1.29 is 5.11 Å². The number of hydrogen-bond acceptors (Lipinski definition) is 3. The zero-order valence-corrected chi connectivity index (χ0v) is 8.99. The third kappa shape index (κ3) is 1.55. The molecule has 1 saturated heterocycles. The molecular weight excluding hydrogens is 178 g/mol. The largest absolute Gasteiger partial charge is 0.390 e. The Bertz CT molecular complexity index is 339. The van der Waals surface area contributed by atoms with E-state index in [0.717, 1.165) is 25.3 Å². The molecule has 4 nitrogen and oxygen atoms in total. The molecule has 1 aromatic rings.